The van der Waals surface area contributed by atoms with Gasteiger partial charge in [0.15, 0.2) is 0 Å². The van der Waals surface area contributed by atoms with Gasteiger partial charge in [-0.05, 0) is 35.2 Å². The number of alkyl halides is 5. The van der Waals surface area contributed by atoms with Gasteiger partial charge in [0.25, 0.3) is 5.92 Å². The van der Waals surface area contributed by atoms with Crippen molar-refractivity contribution >= 4 is 10.9 Å². The Morgan fingerprint density at radius 1 is 1.03 bits per heavy atom. The Balaban J connectivity index is 1.45. The zero-order chi connectivity index (χ0) is 26.2. The average molecular weight is 514 g/mol. The highest BCUT2D eigenvalue weighted by Crippen LogP contribution is 2.45. The van der Waals surface area contributed by atoms with Crippen LogP contribution in [0.25, 0.3) is 10.9 Å². The molecule has 37 heavy (non-hydrogen) atoms. The fourth-order valence-corrected chi connectivity index (χ4v) is 4.87. The lowest BCUT2D eigenvalue weighted by Crippen LogP contribution is -2.50. The number of rotatable bonds is 5. The molecule has 4 aromatic rings. The summed E-state index contributed by atoms with van der Waals surface area (Å²) in [6.07, 6.45) is -0.782. The van der Waals surface area contributed by atoms with Crippen molar-refractivity contribution in [3.8, 4) is 0 Å². The van der Waals surface area contributed by atoms with Crippen LogP contribution < -0.4 is 5.56 Å². The summed E-state index contributed by atoms with van der Waals surface area (Å²) >= 11 is 0. The summed E-state index contributed by atoms with van der Waals surface area (Å²) in [6.45, 7) is -1.01. The van der Waals surface area contributed by atoms with Crippen LogP contribution in [0.3, 0.4) is 0 Å². The molecule has 0 amide bonds. The highest BCUT2D eigenvalue weighted by atomic mass is 19.4. The molecule has 0 aliphatic carbocycles. The summed E-state index contributed by atoms with van der Waals surface area (Å²) in [6, 6.07) is 13.0. The zero-order valence-electron chi connectivity index (χ0n) is 19.6. The van der Waals surface area contributed by atoms with Crippen molar-refractivity contribution in [3.63, 3.8) is 0 Å². The quantitative estimate of drug-likeness (QED) is 0.351. The number of nitrogens with zero attached hydrogens (tertiary/aromatic N) is 3. The van der Waals surface area contributed by atoms with Crippen LogP contribution in [-0.4, -0.2) is 45.0 Å². The first-order valence-corrected chi connectivity index (χ1v) is 11.8. The Morgan fingerprint density at radius 3 is 2.51 bits per heavy atom. The fourth-order valence-electron chi connectivity index (χ4n) is 4.87. The van der Waals surface area contributed by atoms with Crippen LogP contribution in [0, 0.1) is 0 Å². The molecule has 10 heteroatoms. The Kier molecular flexibility index (Phi) is 6.53. The molecule has 0 saturated carbocycles. The second-order valence-corrected chi connectivity index (χ2v) is 9.30. The average Bonchev–Trinajstić information content (AvgIpc) is 2.85. The first kappa shape index (κ1) is 25.0. The molecular formula is C27H23F5N4O. The number of piperidine rings is 1. The summed E-state index contributed by atoms with van der Waals surface area (Å²) in [5, 5.41) is 0.592. The van der Waals surface area contributed by atoms with E-state index in [4.69, 9.17) is 0 Å². The predicted molar refractivity (Wildman–Crippen MR) is 129 cm³/mol. The number of aromatic amines is 1. The summed E-state index contributed by atoms with van der Waals surface area (Å²) in [7, 11) is 0. The first-order chi connectivity index (χ1) is 17.6. The summed E-state index contributed by atoms with van der Waals surface area (Å²) in [5.41, 5.74) is 1.61. The number of benzene rings is 1. The fraction of sp³-hybridized carbons (Fsp3) is 0.296. The SMILES string of the molecule is O=c1ccc(C2CN(C(c3cc4ncc(Cc5ccccc5)cc4cn3)C(F)(F)F)CCC2(F)F)c[nH]1. The van der Waals surface area contributed by atoms with Crippen molar-refractivity contribution in [2.45, 2.75) is 36.9 Å². The lowest BCUT2D eigenvalue weighted by molar-refractivity contribution is -0.201. The monoisotopic (exact) mass is 514 g/mol. The van der Waals surface area contributed by atoms with Crippen molar-refractivity contribution in [2.24, 2.45) is 0 Å². The molecule has 2 unspecified atom stereocenters. The van der Waals surface area contributed by atoms with E-state index in [2.05, 4.69) is 15.0 Å². The summed E-state index contributed by atoms with van der Waals surface area (Å²) < 4.78 is 72.5. The van der Waals surface area contributed by atoms with Crippen molar-refractivity contribution in [3.05, 3.63) is 106 Å². The van der Waals surface area contributed by atoms with Crippen molar-refractivity contribution in [1.29, 1.82) is 0 Å². The van der Waals surface area contributed by atoms with Gasteiger partial charge in [-0.1, -0.05) is 36.4 Å². The number of nitrogens with one attached hydrogen (secondary N) is 1. The van der Waals surface area contributed by atoms with E-state index in [-0.39, 0.29) is 11.3 Å². The van der Waals surface area contributed by atoms with E-state index < -0.39 is 49.1 Å². The molecular weight excluding hydrogens is 491 g/mol. The molecule has 1 aliphatic rings. The molecule has 1 aliphatic heterocycles. The predicted octanol–water partition coefficient (Wildman–Crippen LogP) is 5.64. The minimum absolute atomic E-state index is 0.0781. The number of H-pyrrole nitrogens is 1. The zero-order valence-corrected chi connectivity index (χ0v) is 19.6. The van der Waals surface area contributed by atoms with Gasteiger partial charge < -0.3 is 4.98 Å². The van der Waals surface area contributed by atoms with Gasteiger partial charge in [-0.2, -0.15) is 13.2 Å². The Hall–Kier alpha value is -3.66. The van der Waals surface area contributed by atoms with E-state index in [0.717, 1.165) is 28.3 Å². The van der Waals surface area contributed by atoms with Gasteiger partial charge in [0.2, 0.25) is 5.56 Å². The first-order valence-electron chi connectivity index (χ1n) is 11.8. The molecule has 0 radical (unpaired) electrons. The van der Waals surface area contributed by atoms with E-state index in [1.807, 2.05) is 36.4 Å². The van der Waals surface area contributed by atoms with E-state index in [1.54, 1.807) is 6.20 Å². The van der Waals surface area contributed by atoms with Gasteiger partial charge in [0.1, 0.15) is 6.04 Å². The lowest BCUT2D eigenvalue weighted by atomic mass is 9.86. The minimum Gasteiger partial charge on any atom is -0.329 e. The van der Waals surface area contributed by atoms with Crippen LogP contribution in [0.2, 0.25) is 0 Å². The standard InChI is InChI=1S/C27H23F5N4O/c28-26(29)8-9-36(16-21(26)19-6-7-24(37)35-14-19)25(27(30,31)32)23-12-22-20(15-34-23)11-18(13-33-22)10-17-4-2-1-3-5-17/h1-7,11-15,21,25H,8-10,16H2,(H,35,37). The highest BCUT2D eigenvalue weighted by Gasteiger charge is 2.52. The third-order valence-corrected chi connectivity index (χ3v) is 6.72. The number of hydrogen-bond acceptors (Lipinski definition) is 4. The van der Waals surface area contributed by atoms with E-state index in [0.29, 0.717) is 17.3 Å². The van der Waals surface area contributed by atoms with Crippen LogP contribution >= 0.6 is 0 Å². The largest absolute Gasteiger partial charge is 0.409 e. The molecule has 5 rings (SSSR count). The minimum atomic E-state index is -4.75. The molecule has 4 heterocycles. The van der Waals surface area contributed by atoms with Crippen molar-refractivity contribution in [2.75, 3.05) is 13.1 Å². The van der Waals surface area contributed by atoms with Gasteiger partial charge in [-0.15, -0.1) is 0 Å². The Morgan fingerprint density at radius 2 is 1.81 bits per heavy atom. The topological polar surface area (TPSA) is 61.9 Å². The summed E-state index contributed by atoms with van der Waals surface area (Å²) in [4.78, 5) is 23.1. The summed E-state index contributed by atoms with van der Waals surface area (Å²) in [5.74, 6) is -4.74. The van der Waals surface area contributed by atoms with Gasteiger partial charge in [0, 0.05) is 49.6 Å². The maximum absolute atomic E-state index is 14.8. The van der Waals surface area contributed by atoms with Gasteiger partial charge >= 0.3 is 6.18 Å². The molecule has 192 valence electrons. The third-order valence-electron chi connectivity index (χ3n) is 6.72. The molecule has 1 aromatic carbocycles. The molecule has 0 bridgehead atoms. The van der Waals surface area contributed by atoms with Crippen molar-refractivity contribution < 1.29 is 22.0 Å². The van der Waals surface area contributed by atoms with Gasteiger partial charge in [-0.3, -0.25) is 19.7 Å². The Labute approximate surface area is 209 Å². The highest BCUT2D eigenvalue weighted by molar-refractivity contribution is 5.78. The van der Waals surface area contributed by atoms with Crippen LogP contribution in [0.5, 0.6) is 0 Å². The number of likely N-dealkylation sites (tertiary alicyclic amines) is 1. The van der Waals surface area contributed by atoms with Crippen molar-refractivity contribution in [1.82, 2.24) is 19.9 Å². The smallest absolute Gasteiger partial charge is 0.329 e. The van der Waals surface area contributed by atoms with E-state index >= 15 is 0 Å². The molecule has 1 N–H and O–H groups in total. The lowest BCUT2D eigenvalue weighted by Gasteiger charge is -2.42. The molecule has 1 saturated heterocycles. The van der Waals surface area contributed by atoms with Crippen LogP contribution in [0.1, 0.15) is 40.8 Å². The Bertz CT molecular complexity index is 1430. The van der Waals surface area contributed by atoms with Gasteiger partial charge in [0.05, 0.1) is 17.1 Å². The second-order valence-electron chi connectivity index (χ2n) is 9.30. The maximum atomic E-state index is 14.8. The molecule has 2 atom stereocenters. The maximum Gasteiger partial charge on any atom is 0.409 e. The molecule has 1 fully saturated rings. The van der Waals surface area contributed by atoms with Crippen LogP contribution in [0.4, 0.5) is 22.0 Å². The molecule has 3 aromatic heterocycles. The van der Waals surface area contributed by atoms with Crippen LogP contribution in [-0.2, 0) is 6.42 Å². The van der Waals surface area contributed by atoms with Crippen LogP contribution in [0.15, 0.2) is 78.0 Å². The number of aromatic nitrogens is 3. The number of hydrogen-bond donors (Lipinski definition) is 1. The van der Waals surface area contributed by atoms with E-state index in [9.17, 15) is 26.7 Å². The normalized spacial score (nSPS) is 19.1. The van der Waals surface area contributed by atoms with E-state index in [1.165, 1.54) is 18.3 Å². The number of pyridine rings is 3. The van der Waals surface area contributed by atoms with Gasteiger partial charge in [-0.25, -0.2) is 8.78 Å². The number of fused-ring (bicyclic) bond motifs is 1. The molecule has 0 spiro atoms. The second kappa shape index (κ2) is 9.66. The third kappa shape index (κ3) is 5.39. The number of halogens is 5. The molecule has 5 nitrogen and oxygen atoms in total.